The molecule has 18 heavy (non-hydrogen) atoms. The summed E-state index contributed by atoms with van der Waals surface area (Å²) < 4.78 is 27.0. The molecule has 0 saturated heterocycles. The number of rotatable bonds is 1. The number of hydrogen-bond acceptors (Lipinski definition) is 3. The van der Waals surface area contributed by atoms with Gasteiger partial charge in [-0.3, -0.25) is 9.78 Å². The number of benzene rings is 1. The van der Waals surface area contributed by atoms with E-state index in [1.807, 2.05) is 0 Å². The summed E-state index contributed by atoms with van der Waals surface area (Å²) in [6, 6.07) is 3.19. The maximum Gasteiger partial charge on any atom is 0.336 e. The van der Waals surface area contributed by atoms with Crippen molar-refractivity contribution in [2.75, 3.05) is 0 Å². The van der Waals surface area contributed by atoms with Crippen molar-refractivity contribution in [3.05, 3.63) is 55.7 Å². The van der Waals surface area contributed by atoms with Crippen molar-refractivity contribution in [3.63, 3.8) is 0 Å². The van der Waals surface area contributed by atoms with Crippen LogP contribution < -0.4 is 11.2 Å². The smallest absolute Gasteiger partial charge is 0.336 e. The van der Waals surface area contributed by atoms with Crippen LogP contribution in [0.5, 0.6) is 5.88 Å². The van der Waals surface area contributed by atoms with Crippen LogP contribution in [0.25, 0.3) is 5.69 Å². The lowest BCUT2D eigenvalue weighted by molar-refractivity contribution is 0.384. The van der Waals surface area contributed by atoms with Gasteiger partial charge in [0, 0.05) is 5.02 Å². The zero-order valence-corrected chi connectivity index (χ0v) is 9.33. The predicted molar refractivity (Wildman–Crippen MR) is 59.3 cm³/mol. The number of nitrogens with one attached hydrogen (secondary N) is 1. The second kappa shape index (κ2) is 4.26. The molecule has 0 bridgehead atoms. The topological polar surface area (TPSA) is 75.1 Å². The van der Waals surface area contributed by atoms with Crippen LogP contribution in [-0.4, -0.2) is 14.7 Å². The van der Waals surface area contributed by atoms with Gasteiger partial charge in [0.05, 0.1) is 5.69 Å². The van der Waals surface area contributed by atoms with E-state index in [1.165, 1.54) is 6.07 Å². The van der Waals surface area contributed by atoms with Crippen molar-refractivity contribution < 1.29 is 13.9 Å². The van der Waals surface area contributed by atoms with Gasteiger partial charge >= 0.3 is 5.69 Å². The molecule has 0 saturated carbocycles. The van der Waals surface area contributed by atoms with Gasteiger partial charge in [-0.25, -0.2) is 13.8 Å². The predicted octanol–water partition coefficient (Wildman–Crippen LogP) is 1.16. The third-order valence-electron chi connectivity index (χ3n) is 2.18. The molecule has 5 nitrogen and oxygen atoms in total. The van der Waals surface area contributed by atoms with E-state index < -0.39 is 34.5 Å². The minimum Gasteiger partial charge on any atom is -0.492 e. The zero-order chi connectivity index (χ0) is 13.4. The molecular weight excluding hydrogens is 270 g/mol. The second-order valence-electron chi connectivity index (χ2n) is 3.33. The quantitative estimate of drug-likeness (QED) is 0.819. The first-order valence-corrected chi connectivity index (χ1v) is 4.99. The normalized spacial score (nSPS) is 10.6. The van der Waals surface area contributed by atoms with Crippen LogP contribution in [0.3, 0.4) is 0 Å². The van der Waals surface area contributed by atoms with Crippen LogP contribution in [0.2, 0.25) is 5.02 Å². The Balaban J connectivity index is 2.84. The van der Waals surface area contributed by atoms with Gasteiger partial charge in [-0.15, -0.1) is 0 Å². The molecule has 0 aliphatic carbocycles. The third kappa shape index (κ3) is 1.88. The Kier molecular flexibility index (Phi) is 2.92. The highest BCUT2D eigenvalue weighted by Gasteiger charge is 2.17. The molecule has 0 aliphatic heterocycles. The highest BCUT2D eigenvalue weighted by molar-refractivity contribution is 6.30. The third-order valence-corrected chi connectivity index (χ3v) is 2.42. The Bertz CT molecular complexity index is 739. The Hall–Kier alpha value is -2.15. The lowest BCUT2D eigenvalue weighted by atomic mass is 10.3. The first kappa shape index (κ1) is 12.3. The molecule has 0 unspecified atom stereocenters. The van der Waals surface area contributed by atoms with Crippen molar-refractivity contribution in [1.82, 2.24) is 9.55 Å². The highest BCUT2D eigenvalue weighted by atomic mass is 35.5. The average Bonchev–Trinajstić information content (AvgIpc) is 2.29. The van der Waals surface area contributed by atoms with Crippen molar-refractivity contribution >= 4 is 11.6 Å². The number of halogens is 3. The van der Waals surface area contributed by atoms with E-state index in [1.54, 1.807) is 4.98 Å². The number of H-pyrrole nitrogens is 1. The fourth-order valence-corrected chi connectivity index (χ4v) is 1.55. The standard InChI is InChI=1S/C10H5ClF2N2O3/c11-4-1-2-6(5(12)3-4)15-9(17)7(13)8(16)14-10(15)18/h1-3,17H,(H,14,16,18). The van der Waals surface area contributed by atoms with Gasteiger partial charge in [-0.1, -0.05) is 11.6 Å². The number of nitrogens with zero attached hydrogens (tertiary/aromatic N) is 1. The molecule has 94 valence electrons. The van der Waals surface area contributed by atoms with Crippen molar-refractivity contribution in [3.8, 4) is 11.6 Å². The highest BCUT2D eigenvalue weighted by Crippen LogP contribution is 2.20. The van der Waals surface area contributed by atoms with Crippen LogP contribution in [-0.2, 0) is 0 Å². The molecule has 1 aromatic carbocycles. The fraction of sp³-hybridized carbons (Fsp3) is 0. The molecule has 0 radical (unpaired) electrons. The van der Waals surface area contributed by atoms with Gasteiger partial charge in [0.25, 0.3) is 5.56 Å². The molecule has 0 spiro atoms. The van der Waals surface area contributed by atoms with E-state index in [0.717, 1.165) is 12.1 Å². The maximum atomic E-state index is 13.6. The van der Waals surface area contributed by atoms with Gasteiger partial charge in [0.1, 0.15) is 5.82 Å². The van der Waals surface area contributed by atoms with Gasteiger partial charge in [-0.2, -0.15) is 4.39 Å². The summed E-state index contributed by atoms with van der Waals surface area (Å²) in [5.74, 6) is -3.81. The van der Waals surface area contributed by atoms with Crippen LogP contribution in [0.15, 0.2) is 27.8 Å². The van der Waals surface area contributed by atoms with E-state index in [0.29, 0.717) is 4.57 Å². The molecule has 0 fully saturated rings. The van der Waals surface area contributed by atoms with E-state index in [-0.39, 0.29) is 5.02 Å². The largest absolute Gasteiger partial charge is 0.492 e. The summed E-state index contributed by atoms with van der Waals surface area (Å²) in [4.78, 5) is 23.9. The SMILES string of the molecule is O=c1[nH]c(=O)n(-c2ccc(Cl)cc2F)c(O)c1F. The Morgan fingerprint density at radius 2 is 1.94 bits per heavy atom. The molecule has 0 amide bonds. The molecule has 2 aromatic rings. The molecule has 2 N–H and O–H groups in total. The Morgan fingerprint density at radius 3 is 2.56 bits per heavy atom. The van der Waals surface area contributed by atoms with Crippen molar-refractivity contribution in [2.45, 2.75) is 0 Å². The fourth-order valence-electron chi connectivity index (χ4n) is 1.39. The summed E-state index contributed by atoms with van der Waals surface area (Å²) in [5.41, 5.74) is -2.99. The van der Waals surface area contributed by atoms with E-state index in [4.69, 9.17) is 11.6 Å². The molecule has 1 aromatic heterocycles. The van der Waals surface area contributed by atoms with Crippen LogP contribution >= 0.6 is 11.6 Å². The second-order valence-corrected chi connectivity index (χ2v) is 3.76. The van der Waals surface area contributed by atoms with E-state index in [2.05, 4.69) is 0 Å². The summed E-state index contributed by atoms with van der Waals surface area (Å²) >= 11 is 5.52. The molecule has 0 aliphatic rings. The van der Waals surface area contributed by atoms with Crippen LogP contribution in [0, 0.1) is 11.6 Å². The molecular formula is C10H5ClF2N2O3. The van der Waals surface area contributed by atoms with E-state index in [9.17, 15) is 23.5 Å². The van der Waals surface area contributed by atoms with Crippen molar-refractivity contribution in [2.24, 2.45) is 0 Å². The monoisotopic (exact) mass is 274 g/mol. The minimum atomic E-state index is -1.58. The van der Waals surface area contributed by atoms with Crippen LogP contribution in [0.1, 0.15) is 0 Å². The number of hydrogen-bond donors (Lipinski definition) is 2. The maximum absolute atomic E-state index is 13.6. The molecule has 0 atom stereocenters. The van der Waals surface area contributed by atoms with Gasteiger partial charge in [-0.05, 0) is 18.2 Å². The summed E-state index contributed by atoms with van der Waals surface area (Å²) in [7, 11) is 0. The van der Waals surface area contributed by atoms with E-state index >= 15 is 0 Å². The summed E-state index contributed by atoms with van der Waals surface area (Å²) in [6.07, 6.45) is 0. The molecule has 1 heterocycles. The lowest BCUT2D eigenvalue weighted by Gasteiger charge is -2.09. The van der Waals surface area contributed by atoms with Gasteiger partial charge < -0.3 is 5.11 Å². The first-order valence-electron chi connectivity index (χ1n) is 4.61. The lowest BCUT2D eigenvalue weighted by Crippen LogP contribution is -2.31. The Labute approximate surface area is 103 Å². The average molecular weight is 275 g/mol. The van der Waals surface area contributed by atoms with Crippen LogP contribution in [0.4, 0.5) is 8.78 Å². The molecule has 2 rings (SSSR count). The number of aromatic hydroxyl groups is 1. The summed E-state index contributed by atoms with van der Waals surface area (Å²) in [5, 5.41) is 9.44. The van der Waals surface area contributed by atoms with Gasteiger partial charge in [0.2, 0.25) is 11.7 Å². The summed E-state index contributed by atoms with van der Waals surface area (Å²) in [6.45, 7) is 0. The number of aromatic amines is 1. The molecule has 8 heteroatoms. The van der Waals surface area contributed by atoms with Crippen molar-refractivity contribution in [1.29, 1.82) is 0 Å². The van der Waals surface area contributed by atoms with Gasteiger partial charge in [0.15, 0.2) is 0 Å². The zero-order valence-electron chi connectivity index (χ0n) is 8.58. The minimum absolute atomic E-state index is 0.0636. The number of aromatic nitrogens is 2. The first-order chi connectivity index (χ1) is 8.41. The Morgan fingerprint density at radius 1 is 1.28 bits per heavy atom.